The number of anilines is 1. The first-order chi connectivity index (χ1) is 10.3. The van der Waals surface area contributed by atoms with Crippen LogP contribution in [-0.4, -0.2) is 15.2 Å². The number of rotatable bonds is 5. The third-order valence-corrected chi connectivity index (χ3v) is 3.99. The fraction of sp³-hybridized carbons (Fsp3) is 0.125. The summed E-state index contributed by atoms with van der Waals surface area (Å²) >= 11 is 1.62. The molecular weight excluding hydrogens is 280 g/mol. The number of hydrogen-bond acceptors (Lipinski definition) is 4. The number of nitrogens with zero attached hydrogens (tertiary/aromatic N) is 2. The summed E-state index contributed by atoms with van der Waals surface area (Å²) in [5, 5.41) is 8.02. The average Bonchev–Trinajstić information content (AvgIpc) is 2.95. The minimum Gasteiger partial charge on any atom is -0.399 e. The Bertz CT molecular complexity index is 692. The number of aromatic nitrogens is 3. The van der Waals surface area contributed by atoms with E-state index in [1.807, 2.05) is 42.5 Å². The third-order valence-electron chi connectivity index (χ3n) is 3.07. The van der Waals surface area contributed by atoms with E-state index in [0.717, 1.165) is 28.8 Å². The second-order valence-electron chi connectivity index (χ2n) is 4.76. The largest absolute Gasteiger partial charge is 0.399 e. The molecule has 0 atom stereocenters. The van der Waals surface area contributed by atoms with Gasteiger partial charge < -0.3 is 5.73 Å². The predicted octanol–water partition coefficient (Wildman–Crippen LogP) is 3.27. The Labute approximate surface area is 127 Å². The van der Waals surface area contributed by atoms with Crippen LogP contribution in [0.5, 0.6) is 0 Å². The first-order valence-corrected chi connectivity index (χ1v) is 7.70. The number of benzene rings is 2. The number of H-pyrrole nitrogens is 1. The van der Waals surface area contributed by atoms with Gasteiger partial charge in [-0.3, -0.25) is 5.10 Å². The number of nitrogens with two attached hydrogens (primary N) is 1. The van der Waals surface area contributed by atoms with Gasteiger partial charge in [0.25, 0.3) is 0 Å². The maximum Gasteiger partial charge on any atom is 0.208 e. The second-order valence-corrected chi connectivity index (χ2v) is 5.70. The van der Waals surface area contributed by atoms with Crippen molar-refractivity contribution in [3.8, 4) is 0 Å². The minimum atomic E-state index is 0.774. The maximum atomic E-state index is 5.67. The van der Waals surface area contributed by atoms with E-state index in [1.54, 1.807) is 11.8 Å². The molecule has 0 aliphatic carbocycles. The van der Waals surface area contributed by atoms with E-state index in [-0.39, 0.29) is 0 Å². The standard InChI is InChI=1S/C16H16N4S/c17-14-8-6-13(7-9-14)11-21-16-18-15(19-20-16)10-12-4-2-1-3-5-12/h1-9H,10-11,17H2,(H,18,19,20). The Hall–Kier alpha value is -2.27. The van der Waals surface area contributed by atoms with Crippen molar-refractivity contribution in [1.82, 2.24) is 15.2 Å². The molecule has 3 aromatic rings. The molecule has 0 bridgehead atoms. The number of thioether (sulfide) groups is 1. The Morgan fingerprint density at radius 3 is 2.48 bits per heavy atom. The molecule has 0 spiro atoms. The fourth-order valence-electron chi connectivity index (χ4n) is 1.97. The molecule has 1 heterocycles. The monoisotopic (exact) mass is 296 g/mol. The smallest absolute Gasteiger partial charge is 0.208 e. The summed E-state index contributed by atoms with van der Waals surface area (Å²) in [5.41, 5.74) is 8.90. The summed E-state index contributed by atoms with van der Waals surface area (Å²) in [6.45, 7) is 0. The van der Waals surface area contributed by atoms with Gasteiger partial charge in [-0.1, -0.05) is 54.2 Å². The summed E-state index contributed by atoms with van der Waals surface area (Å²) in [6, 6.07) is 18.1. The fourth-order valence-corrected chi connectivity index (χ4v) is 2.75. The minimum absolute atomic E-state index is 0.774. The second kappa shape index (κ2) is 6.45. The quantitative estimate of drug-likeness (QED) is 0.560. The van der Waals surface area contributed by atoms with Crippen molar-refractivity contribution >= 4 is 17.4 Å². The highest BCUT2D eigenvalue weighted by Gasteiger charge is 2.05. The highest BCUT2D eigenvalue weighted by atomic mass is 32.2. The van der Waals surface area contributed by atoms with E-state index in [1.165, 1.54) is 11.1 Å². The SMILES string of the molecule is Nc1ccc(CSc2n[nH]c(Cc3ccccc3)n2)cc1. The molecule has 5 heteroatoms. The van der Waals surface area contributed by atoms with E-state index in [4.69, 9.17) is 5.73 Å². The zero-order valence-corrected chi connectivity index (χ0v) is 12.3. The zero-order chi connectivity index (χ0) is 14.5. The van der Waals surface area contributed by atoms with Crippen molar-refractivity contribution in [2.24, 2.45) is 0 Å². The van der Waals surface area contributed by atoms with Crippen molar-refractivity contribution in [3.05, 3.63) is 71.5 Å². The number of hydrogen-bond donors (Lipinski definition) is 2. The third kappa shape index (κ3) is 3.86. The van der Waals surface area contributed by atoms with Gasteiger partial charge in [-0.2, -0.15) is 0 Å². The molecule has 1 aromatic heterocycles. The molecular formula is C16H16N4S. The molecule has 3 N–H and O–H groups in total. The molecule has 0 aliphatic heterocycles. The number of nitrogen functional groups attached to an aromatic ring is 1. The van der Waals surface area contributed by atoms with Crippen LogP contribution in [0.4, 0.5) is 5.69 Å². The van der Waals surface area contributed by atoms with Gasteiger partial charge in [0.1, 0.15) is 5.82 Å². The van der Waals surface area contributed by atoms with Crippen LogP contribution in [0.2, 0.25) is 0 Å². The molecule has 3 rings (SSSR count). The van der Waals surface area contributed by atoms with Gasteiger partial charge in [0.15, 0.2) is 0 Å². The van der Waals surface area contributed by atoms with Crippen molar-refractivity contribution in [3.63, 3.8) is 0 Å². The van der Waals surface area contributed by atoms with Gasteiger partial charge in [0.2, 0.25) is 5.16 Å². The molecule has 0 saturated heterocycles. The van der Waals surface area contributed by atoms with Crippen LogP contribution in [0.1, 0.15) is 17.0 Å². The average molecular weight is 296 g/mol. The molecule has 0 radical (unpaired) electrons. The topological polar surface area (TPSA) is 67.6 Å². The lowest BCUT2D eigenvalue weighted by Crippen LogP contribution is -1.90. The maximum absolute atomic E-state index is 5.67. The number of nitrogens with one attached hydrogen (secondary N) is 1. The van der Waals surface area contributed by atoms with Crippen LogP contribution < -0.4 is 5.73 Å². The molecule has 106 valence electrons. The van der Waals surface area contributed by atoms with E-state index >= 15 is 0 Å². The van der Waals surface area contributed by atoms with Gasteiger partial charge in [0.05, 0.1) is 0 Å². The summed E-state index contributed by atoms with van der Waals surface area (Å²) in [6.07, 6.45) is 0.774. The van der Waals surface area contributed by atoms with Crippen LogP contribution in [-0.2, 0) is 12.2 Å². The molecule has 0 saturated carbocycles. The highest BCUT2D eigenvalue weighted by molar-refractivity contribution is 7.98. The van der Waals surface area contributed by atoms with Crippen molar-refractivity contribution < 1.29 is 0 Å². The Morgan fingerprint density at radius 1 is 0.952 bits per heavy atom. The van der Waals surface area contributed by atoms with Crippen molar-refractivity contribution in [2.75, 3.05) is 5.73 Å². The first kappa shape index (κ1) is 13.7. The molecule has 2 aromatic carbocycles. The van der Waals surface area contributed by atoms with Crippen molar-refractivity contribution in [1.29, 1.82) is 0 Å². The van der Waals surface area contributed by atoms with Crippen LogP contribution in [0.3, 0.4) is 0 Å². The summed E-state index contributed by atoms with van der Waals surface area (Å²) in [5.74, 6) is 1.73. The van der Waals surface area contributed by atoms with Gasteiger partial charge in [-0.05, 0) is 23.3 Å². The van der Waals surface area contributed by atoms with E-state index < -0.39 is 0 Å². The van der Waals surface area contributed by atoms with E-state index in [0.29, 0.717) is 0 Å². The molecule has 0 unspecified atom stereocenters. The summed E-state index contributed by atoms with van der Waals surface area (Å²) in [7, 11) is 0. The van der Waals surface area contributed by atoms with Crippen molar-refractivity contribution in [2.45, 2.75) is 17.3 Å². The van der Waals surface area contributed by atoms with E-state index in [9.17, 15) is 0 Å². The predicted molar refractivity (Wildman–Crippen MR) is 86.0 cm³/mol. The van der Waals surface area contributed by atoms with Gasteiger partial charge in [0, 0.05) is 17.9 Å². The Kier molecular flexibility index (Phi) is 4.21. The van der Waals surface area contributed by atoms with Crippen LogP contribution >= 0.6 is 11.8 Å². The molecule has 0 fully saturated rings. The van der Waals surface area contributed by atoms with Crippen LogP contribution in [0.15, 0.2) is 59.8 Å². The summed E-state index contributed by atoms with van der Waals surface area (Å²) < 4.78 is 0. The first-order valence-electron chi connectivity index (χ1n) is 6.72. The Morgan fingerprint density at radius 2 is 1.71 bits per heavy atom. The van der Waals surface area contributed by atoms with Crippen LogP contribution in [0, 0.1) is 0 Å². The zero-order valence-electron chi connectivity index (χ0n) is 11.5. The highest BCUT2D eigenvalue weighted by Crippen LogP contribution is 2.20. The van der Waals surface area contributed by atoms with E-state index in [2.05, 4.69) is 27.3 Å². The molecule has 21 heavy (non-hydrogen) atoms. The lowest BCUT2D eigenvalue weighted by Gasteiger charge is -1.99. The molecule has 0 aliphatic rings. The number of aromatic amines is 1. The molecule has 4 nitrogen and oxygen atoms in total. The molecule has 0 amide bonds. The lowest BCUT2D eigenvalue weighted by atomic mass is 10.1. The Balaban J connectivity index is 1.59. The normalized spacial score (nSPS) is 10.7. The lowest BCUT2D eigenvalue weighted by molar-refractivity contribution is 0.956. The van der Waals surface area contributed by atoms with Gasteiger partial charge >= 0.3 is 0 Å². The summed E-state index contributed by atoms with van der Waals surface area (Å²) in [4.78, 5) is 4.51. The van der Waals surface area contributed by atoms with Gasteiger partial charge in [-0.25, -0.2) is 4.98 Å². The van der Waals surface area contributed by atoms with Crippen LogP contribution in [0.25, 0.3) is 0 Å². The van der Waals surface area contributed by atoms with Gasteiger partial charge in [-0.15, -0.1) is 5.10 Å².